The Bertz CT molecular complexity index is 221. The molecule has 16 heavy (non-hydrogen) atoms. The van der Waals surface area contributed by atoms with E-state index in [1.54, 1.807) is 0 Å². The zero-order valence-corrected chi connectivity index (χ0v) is 10.4. The minimum absolute atomic E-state index is 0.0360. The van der Waals surface area contributed by atoms with Crippen LogP contribution < -0.4 is 5.32 Å². The normalized spacial score (nSPS) is 23.3. The molecule has 0 aromatic rings. The standard InChI is InChI=1S/C12H24N2O2/c1-3-13-12(16)10(2)14-8-4-6-11(14)7-5-9-15/h10-11,15H,3-9H2,1-2H3,(H,13,16). The van der Waals surface area contributed by atoms with Gasteiger partial charge in [0.15, 0.2) is 0 Å². The summed E-state index contributed by atoms with van der Waals surface area (Å²) in [6, 6.07) is 0.441. The van der Waals surface area contributed by atoms with E-state index in [0.717, 1.165) is 25.8 Å². The number of rotatable bonds is 6. The Labute approximate surface area is 98.0 Å². The molecular weight excluding hydrogens is 204 g/mol. The lowest BCUT2D eigenvalue weighted by atomic mass is 10.1. The van der Waals surface area contributed by atoms with Crippen LogP contribution in [0.5, 0.6) is 0 Å². The first kappa shape index (κ1) is 13.5. The van der Waals surface area contributed by atoms with Crippen molar-refractivity contribution in [2.75, 3.05) is 19.7 Å². The van der Waals surface area contributed by atoms with Crippen LogP contribution in [0.15, 0.2) is 0 Å². The minimum Gasteiger partial charge on any atom is -0.396 e. The summed E-state index contributed by atoms with van der Waals surface area (Å²) in [4.78, 5) is 14.0. The summed E-state index contributed by atoms with van der Waals surface area (Å²) < 4.78 is 0. The molecule has 2 unspecified atom stereocenters. The molecule has 1 rings (SSSR count). The molecule has 1 saturated heterocycles. The molecule has 4 heteroatoms. The molecule has 1 fully saturated rings. The second kappa shape index (κ2) is 6.86. The van der Waals surface area contributed by atoms with E-state index in [0.29, 0.717) is 12.6 Å². The lowest BCUT2D eigenvalue weighted by molar-refractivity contribution is -0.126. The van der Waals surface area contributed by atoms with Gasteiger partial charge in [0.25, 0.3) is 0 Å². The average Bonchev–Trinajstić information content (AvgIpc) is 2.73. The Hall–Kier alpha value is -0.610. The number of aliphatic hydroxyl groups is 1. The maximum atomic E-state index is 11.7. The van der Waals surface area contributed by atoms with E-state index in [1.807, 2.05) is 13.8 Å². The first-order chi connectivity index (χ1) is 7.70. The topological polar surface area (TPSA) is 52.6 Å². The zero-order valence-electron chi connectivity index (χ0n) is 10.4. The lowest BCUT2D eigenvalue weighted by Crippen LogP contribution is -2.47. The van der Waals surface area contributed by atoms with E-state index in [2.05, 4.69) is 10.2 Å². The van der Waals surface area contributed by atoms with Gasteiger partial charge in [0.1, 0.15) is 0 Å². The fraction of sp³-hybridized carbons (Fsp3) is 0.917. The van der Waals surface area contributed by atoms with Crippen molar-refractivity contribution < 1.29 is 9.90 Å². The number of amides is 1. The van der Waals surface area contributed by atoms with Gasteiger partial charge in [0.05, 0.1) is 6.04 Å². The van der Waals surface area contributed by atoms with Gasteiger partial charge < -0.3 is 10.4 Å². The summed E-state index contributed by atoms with van der Waals surface area (Å²) in [5.74, 6) is 0.124. The molecule has 1 amide bonds. The number of nitrogens with zero attached hydrogens (tertiary/aromatic N) is 1. The third kappa shape index (κ3) is 3.46. The van der Waals surface area contributed by atoms with Crippen molar-refractivity contribution in [1.29, 1.82) is 0 Å². The molecule has 1 aliphatic rings. The first-order valence-electron chi connectivity index (χ1n) is 6.35. The fourth-order valence-corrected chi connectivity index (χ4v) is 2.48. The smallest absolute Gasteiger partial charge is 0.237 e. The van der Waals surface area contributed by atoms with Gasteiger partial charge in [-0.1, -0.05) is 0 Å². The molecule has 94 valence electrons. The number of likely N-dealkylation sites (N-methyl/N-ethyl adjacent to an activating group) is 1. The highest BCUT2D eigenvalue weighted by Gasteiger charge is 2.31. The predicted molar refractivity (Wildman–Crippen MR) is 64.2 cm³/mol. The Balaban J connectivity index is 2.46. The van der Waals surface area contributed by atoms with Crippen LogP contribution in [0.1, 0.15) is 39.5 Å². The minimum atomic E-state index is -0.0360. The van der Waals surface area contributed by atoms with E-state index in [-0.39, 0.29) is 18.6 Å². The molecule has 2 N–H and O–H groups in total. The van der Waals surface area contributed by atoms with E-state index in [4.69, 9.17) is 5.11 Å². The van der Waals surface area contributed by atoms with Crippen molar-refractivity contribution in [1.82, 2.24) is 10.2 Å². The Morgan fingerprint density at radius 3 is 3.00 bits per heavy atom. The number of hydrogen-bond acceptors (Lipinski definition) is 3. The van der Waals surface area contributed by atoms with E-state index in [1.165, 1.54) is 6.42 Å². The molecule has 0 aromatic carbocycles. The third-order valence-electron chi connectivity index (χ3n) is 3.35. The molecular formula is C12H24N2O2. The fourth-order valence-electron chi connectivity index (χ4n) is 2.48. The molecule has 0 bridgehead atoms. The third-order valence-corrected chi connectivity index (χ3v) is 3.35. The summed E-state index contributed by atoms with van der Waals surface area (Å²) in [5.41, 5.74) is 0. The van der Waals surface area contributed by atoms with E-state index in [9.17, 15) is 4.79 Å². The van der Waals surface area contributed by atoms with Crippen molar-refractivity contribution in [2.45, 2.75) is 51.6 Å². The van der Waals surface area contributed by atoms with Gasteiger partial charge in [-0.2, -0.15) is 0 Å². The van der Waals surface area contributed by atoms with Crippen LogP contribution in [0.4, 0.5) is 0 Å². The Morgan fingerprint density at radius 2 is 2.38 bits per heavy atom. The lowest BCUT2D eigenvalue weighted by Gasteiger charge is -2.29. The molecule has 2 atom stereocenters. The van der Waals surface area contributed by atoms with Crippen LogP contribution in [-0.4, -0.2) is 47.7 Å². The molecule has 1 aliphatic heterocycles. The molecule has 0 spiro atoms. The van der Waals surface area contributed by atoms with Crippen molar-refractivity contribution >= 4 is 5.91 Å². The first-order valence-corrected chi connectivity index (χ1v) is 6.35. The SMILES string of the molecule is CCNC(=O)C(C)N1CCCC1CCCO. The van der Waals surface area contributed by atoms with Crippen molar-refractivity contribution in [2.24, 2.45) is 0 Å². The van der Waals surface area contributed by atoms with Crippen LogP contribution in [0, 0.1) is 0 Å². The Kier molecular flexibility index (Phi) is 5.77. The van der Waals surface area contributed by atoms with Crippen LogP contribution in [-0.2, 0) is 4.79 Å². The maximum Gasteiger partial charge on any atom is 0.237 e. The Morgan fingerprint density at radius 1 is 1.62 bits per heavy atom. The number of likely N-dealkylation sites (tertiary alicyclic amines) is 1. The predicted octanol–water partition coefficient (Wildman–Crippen LogP) is 0.748. The van der Waals surface area contributed by atoms with Gasteiger partial charge in [-0.25, -0.2) is 0 Å². The number of carbonyl (C=O) groups excluding carboxylic acids is 1. The van der Waals surface area contributed by atoms with Gasteiger partial charge in [-0.3, -0.25) is 9.69 Å². The monoisotopic (exact) mass is 228 g/mol. The zero-order chi connectivity index (χ0) is 12.0. The molecule has 4 nitrogen and oxygen atoms in total. The second-order valence-corrected chi connectivity index (χ2v) is 4.47. The summed E-state index contributed by atoms with van der Waals surface area (Å²) in [5, 5.41) is 11.7. The van der Waals surface area contributed by atoms with Crippen LogP contribution in [0.2, 0.25) is 0 Å². The highest BCUT2D eigenvalue weighted by atomic mass is 16.3. The van der Waals surface area contributed by atoms with Crippen molar-refractivity contribution in [3.63, 3.8) is 0 Å². The van der Waals surface area contributed by atoms with Gasteiger partial charge in [0.2, 0.25) is 5.91 Å². The summed E-state index contributed by atoms with van der Waals surface area (Å²) in [7, 11) is 0. The van der Waals surface area contributed by atoms with Gasteiger partial charge in [0, 0.05) is 19.2 Å². The molecule has 0 radical (unpaired) electrons. The number of aliphatic hydroxyl groups excluding tert-OH is 1. The summed E-state index contributed by atoms with van der Waals surface area (Å²) >= 11 is 0. The molecule has 0 saturated carbocycles. The highest BCUT2D eigenvalue weighted by Crippen LogP contribution is 2.23. The van der Waals surface area contributed by atoms with Crippen LogP contribution >= 0.6 is 0 Å². The average molecular weight is 228 g/mol. The number of nitrogens with one attached hydrogen (secondary N) is 1. The van der Waals surface area contributed by atoms with Gasteiger partial charge in [-0.05, 0) is 46.1 Å². The molecule has 1 heterocycles. The van der Waals surface area contributed by atoms with E-state index >= 15 is 0 Å². The molecule has 0 aliphatic carbocycles. The highest BCUT2D eigenvalue weighted by molar-refractivity contribution is 5.81. The largest absolute Gasteiger partial charge is 0.396 e. The van der Waals surface area contributed by atoms with E-state index < -0.39 is 0 Å². The number of carbonyl (C=O) groups is 1. The quantitative estimate of drug-likeness (QED) is 0.705. The summed E-state index contributed by atoms with van der Waals surface area (Å²) in [6.45, 7) is 5.87. The second-order valence-electron chi connectivity index (χ2n) is 4.47. The maximum absolute atomic E-state index is 11.7. The summed E-state index contributed by atoms with van der Waals surface area (Å²) in [6.07, 6.45) is 4.16. The van der Waals surface area contributed by atoms with Gasteiger partial charge >= 0.3 is 0 Å². The number of hydrogen-bond donors (Lipinski definition) is 2. The van der Waals surface area contributed by atoms with Crippen LogP contribution in [0.3, 0.4) is 0 Å². The molecule has 0 aromatic heterocycles. The van der Waals surface area contributed by atoms with Gasteiger partial charge in [-0.15, -0.1) is 0 Å². The van der Waals surface area contributed by atoms with Crippen molar-refractivity contribution in [3.05, 3.63) is 0 Å². The van der Waals surface area contributed by atoms with Crippen molar-refractivity contribution in [3.8, 4) is 0 Å². The van der Waals surface area contributed by atoms with Crippen LogP contribution in [0.25, 0.3) is 0 Å².